The number of phenolic OH excluding ortho intramolecular Hbond substituents is 1. The highest BCUT2D eigenvalue weighted by Crippen LogP contribution is 2.44. The summed E-state index contributed by atoms with van der Waals surface area (Å²) in [5, 5.41) is 33.6. The average Bonchev–Trinajstić information content (AvgIpc) is 2.63. The Bertz CT molecular complexity index is 1050. The van der Waals surface area contributed by atoms with Crippen LogP contribution >= 0.6 is 15.9 Å². The van der Waals surface area contributed by atoms with Crippen molar-refractivity contribution >= 4 is 39.2 Å². The number of methoxy groups -OCH3 is 1. The topological polar surface area (TPSA) is 178 Å². The summed E-state index contributed by atoms with van der Waals surface area (Å²) in [4.78, 5) is 8.62. The van der Waals surface area contributed by atoms with E-state index < -0.39 is 6.04 Å². The quantitative estimate of drug-likeness (QED) is 0.350. The lowest BCUT2D eigenvalue weighted by molar-refractivity contribution is 0.371. The molecule has 1 aromatic heterocycles. The third-order valence-corrected chi connectivity index (χ3v) is 4.55. The van der Waals surface area contributed by atoms with Crippen molar-refractivity contribution in [3.63, 3.8) is 0 Å². The van der Waals surface area contributed by atoms with Gasteiger partial charge in [-0.05, 0) is 33.6 Å². The van der Waals surface area contributed by atoms with Crippen LogP contribution in [-0.4, -0.2) is 23.2 Å². The van der Waals surface area contributed by atoms with E-state index in [1.165, 1.54) is 7.11 Å². The van der Waals surface area contributed by atoms with Gasteiger partial charge in [0.05, 0.1) is 17.3 Å². The second kappa shape index (κ2) is 6.90. The molecular formula is C16H13BrN8O2. The highest BCUT2D eigenvalue weighted by molar-refractivity contribution is 9.10. The van der Waals surface area contributed by atoms with Gasteiger partial charge in [-0.15, -0.1) is 0 Å². The number of nitrogens with two attached hydrogens (primary N) is 2. The Labute approximate surface area is 162 Å². The van der Waals surface area contributed by atoms with Gasteiger partial charge < -0.3 is 26.6 Å². The molecule has 0 radical (unpaired) electrons. The number of hydrogen-bond acceptors (Lipinski definition) is 10. The number of halogens is 1. The molecule has 0 saturated heterocycles. The second-order valence-electron chi connectivity index (χ2n) is 5.46. The van der Waals surface area contributed by atoms with Crippen molar-refractivity contribution in [1.29, 1.82) is 10.5 Å². The number of fused-ring (bicyclic) bond motifs is 1. The third-order valence-electron chi connectivity index (χ3n) is 3.94. The van der Waals surface area contributed by atoms with Crippen LogP contribution in [0, 0.1) is 22.8 Å². The van der Waals surface area contributed by atoms with Crippen molar-refractivity contribution in [2.45, 2.75) is 6.04 Å². The van der Waals surface area contributed by atoms with Gasteiger partial charge in [-0.2, -0.15) is 10.5 Å². The van der Waals surface area contributed by atoms with E-state index in [2.05, 4.69) is 36.5 Å². The van der Waals surface area contributed by atoms with Gasteiger partial charge >= 0.3 is 0 Å². The molecule has 1 unspecified atom stereocenters. The Morgan fingerprint density at radius 2 is 2.11 bits per heavy atom. The predicted octanol–water partition coefficient (Wildman–Crippen LogP) is 1.54. The molecule has 3 rings (SSSR count). The van der Waals surface area contributed by atoms with Crippen LogP contribution in [0.3, 0.4) is 0 Å². The van der Waals surface area contributed by atoms with Gasteiger partial charge in [-0.3, -0.25) is 5.32 Å². The third kappa shape index (κ3) is 3.01. The van der Waals surface area contributed by atoms with Gasteiger partial charge in [-0.25, -0.2) is 9.98 Å². The van der Waals surface area contributed by atoms with E-state index in [1.54, 1.807) is 18.3 Å². The summed E-state index contributed by atoms with van der Waals surface area (Å²) in [5.41, 5.74) is 13.1. The van der Waals surface area contributed by atoms with Crippen molar-refractivity contribution in [1.82, 2.24) is 10.3 Å². The summed E-state index contributed by atoms with van der Waals surface area (Å²) >= 11 is 3.27. The van der Waals surface area contributed by atoms with Crippen molar-refractivity contribution < 1.29 is 9.84 Å². The second-order valence-corrected chi connectivity index (χ2v) is 6.31. The molecule has 10 nitrogen and oxygen atoms in total. The fourth-order valence-corrected chi connectivity index (χ4v) is 3.19. The fourth-order valence-electron chi connectivity index (χ4n) is 2.73. The first-order valence-electron chi connectivity index (χ1n) is 7.46. The molecule has 0 spiro atoms. The lowest BCUT2D eigenvalue weighted by Crippen LogP contribution is -2.32. The van der Waals surface area contributed by atoms with Crippen LogP contribution in [0.15, 0.2) is 21.6 Å². The van der Waals surface area contributed by atoms with Crippen molar-refractivity contribution in [2.75, 3.05) is 23.9 Å². The van der Waals surface area contributed by atoms with Crippen LogP contribution < -0.4 is 26.8 Å². The van der Waals surface area contributed by atoms with Crippen LogP contribution in [-0.2, 0) is 0 Å². The maximum absolute atomic E-state index is 10.1. The number of ether oxygens (including phenoxy) is 1. The van der Waals surface area contributed by atoms with E-state index in [9.17, 15) is 10.4 Å². The minimum atomic E-state index is -0.733. The van der Waals surface area contributed by atoms with E-state index in [0.717, 1.165) is 0 Å². The summed E-state index contributed by atoms with van der Waals surface area (Å²) in [6, 6.07) is 4.41. The SMILES string of the molecule is COc1cc(C2N=C(NC#N)Nc3nc(N)c(C#N)c(N)c32)cc(Br)c1O. The zero-order valence-electron chi connectivity index (χ0n) is 13.9. The molecule has 1 aromatic carbocycles. The number of hydrogen-bond donors (Lipinski definition) is 5. The summed E-state index contributed by atoms with van der Waals surface area (Å²) in [6.07, 6.45) is 1.78. The normalized spacial score (nSPS) is 14.8. The first kappa shape index (κ1) is 18.1. The molecule has 1 aliphatic heterocycles. The minimum absolute atomic E-state index is 0.0391. The average molecular weight is 429 g/mol. The van der Waals surface area contributed by atoms with Crippen LogP contribution in [0.4, 0.5) is 17.3 Å². The first-order chi connectivity index (χ1) is 12.9. The first-order valence-corrected chi connectivity index (χ1v) is 8.25. The number of aromatic nitrogens is 1. The largest absolute Gasteiger partial charge is 0.503 e. The number of rotatable bonds is 2. The zero-order valence-corrected chi connectivity index (χ0v) is 15.5. The molecular weight excluding hydrogens is 416 g/mol. The molecule has 0 bridgehead atoms. The van der Waals surface area contributed by atoms with Gasteiger partial charge in [0.2, 0.25) is 5.96 Å². The van der Waals surface area contributed by atoms with E-state index >= 15 is 0 Å². The number of nitrogens with zero attached hydrogens (tertiary/aromatic N) is 4. The number of phenols is 1. The van der Waals surface area contributed by atoms with Gasteiger partial charge in [0.15, 0.2) is 17.7 Å². The van der Waals surface area contributed by atoms with E-state index in [0.29, 0.717) is 15.6 Å². The molecule has 0 saturated carbocycles. The number of nitrogen functional groups attached to an aromatic ring is 2. The van der Waals surface area contributed by atoms with E-state index in [1.807, 2.05) is 6.07 Å². The Balaban J connectivity index is 2.28. The monoisotopic (exact) mass is 428 g/mol. The van der Waals surface area contributed by atoms with Crippen molar-refractivity contribution in [2.24, 2.45) is 4.99 Å². The summed E-state index contributed by atoms with van der Waals surface area (Å²) in [6.45, 7) is 0. The Morgan fingerprint density at radius 1 is 1.37 bits per heavy atom. The standard InChI is InChI=1S/C16H13BrN8O2/c1-27-9-3-6(2-8(17)13(9)26)12-10-11(20)7(4-18)14(21)24-15(10)25-16(23-12)22-5-19/h2-3,12,26H,1H3,(H6,20,21,22,23,24,25). The Kier molecular flexibility index (Phi) is 4.62. The Hall–Kier alpha value is -3.70. The highest BCUT2D eigenvalue weighted by Gasteiger charge is 2.30. The molecule has 1 atom stereocenters. The van der Waals surface area contributed by atoms with Crippen molar-refractivity contribution in [3.05, 3.63) is 33.3 Å². The molecule has 7 N–H and O–H groups in total. The Morgan fingerprint density at radius 3 is 2.74 bits per heavy atom. The molecule has 0 aliphatic carbocycles. The number of nitriles is 2. The number of aromatic hydroxyl groups is 1. The number of guanidine groups is 1. The predicted molar refractivity (Wildman–Crippen MR) is 102 cm³/mol. The number of nitrogens with one attached hydrogen (secondary N) is 2. The molecule has 0 amide bonds. The van der Waals surface area contributed by atoms with Gasteiger partial charge in [0, 0.05) is 5.56 Å². The molecule has 136 valence electrons. The molecule has 1 aliphatic rings. The molecule has 2 aromatic rings. The van der Waals surface area contributed by atoms with Crippen LogP contribution in [0.1, 0.15) is 22.7 Å². The summed E-state index contributed by atoms with van der Waals surface area (Å²) in [7, 11) is 1.41. The highest BCUT2D eigenvalue weighted by atomic mass is 79.9. The van der Waals surface area contributed by atoms with Gasteiger partial charge in [0.25, 0.3) is 0 Å². The lowest BCUT2D eigenvalue weighted by atomic mass is 9.95. The van der Waals surface area contributed by atoms with Crippen molar-refractivity contribution in [3.8, 4) is 23.8 Å². The molecule has 27 heavy (non-hydrogen) atoms. The lowest BCUT2D eigenvalue weighted by Gasteiger charge is -2.26. The van der Waals surface area contributed by atoms with Crippen LogP contribution in [0.25, 0.3) is 0 Å². The summed E-state index contributed by atoms with van der Waals surface area (Å²) < 4.78 is 5.56. The van der Waals surface area contributed by atoms with E-state index in [4.69, 9.17) is 21.5 Å². The number of aliphatic imine (C=N–C) groups is 1. The van der Waals surface area contributed by atoms with Gasteiger partial charge in [0.1, 0.15) is 29.3 Å². The van der Waals surface area contributed by atoms with Crippen LogP contribution in [0.2, 0.25) is 0 Å². The zero-order chi connectivity index (χ0) is 19.7. The number of pyridine rings is 1. The minimum Gasteiger partial charge on any atom is -0.503 e. The molecule has 0 fully saturated rings. The number of anilines is 3. The number of benzene rings is 1. The molecule has 2 heterocycles. The van der Waals surface area contributed by atoms with Gasteiger partial charge in [-0.1, -0.05) is 0 Å². The summed E-state index contributed by atoms with van der Waals surface area (Å²) in [5.74, 6) is 0.504. The maximum atomic E-state index is 10.1. The smallest absolute Gasteiger partial charge is 0.211 e. The van der Waals surface area contributed by atoms with Crippen LogP contribution in [0.5, 0.6) is 11.5 Å². The molecule has 11 heteroatoms. The maximum Gasteiger partial charge on any atom is 0.211 e. The van der Waals surface area contributed by atoms with E-state index in [-0.39, 0.29) is 40.3 Å². The fraction of sp³-hybridized carbons (Fsp3) is 0.125.